The van der Waals surface area contributed by atoms with Crippen molar-refractivity contribution < 1.29 is 4.79 Å². The van der Waals surface area contributed by atoms with Crippen LogP contribution < -0.4 is 5.73 Å². The minimum Gasteiger partial charge on any atom is -0.338 e. The third kappa shape index (κ3) is 2.64. The minimum absolute atomic E-state index is 0.00718. The average Bonchev–Trinajstić information content (AvgIpc) is 2.80. The number of amides is 1. The maximum Gasteiger partial charge on any atom is 0.255 e. The Bertz CT molecular complexity index is 439. The molecule has 2 N–H and O–H groups in total. The Balaban J connectivity index is 2.18. The lowest BCUT2D eigenvalue weighted by molar-refractivity contribution is 0.0788. The lowest BCUT2D eigenvalue weighted by Crippen LogP contribution is -2.30. The lowest BCUT2D eigenvalue weighted by atomic mass is 10.1. The van der Waals surface area contributed by atoms with E-state index in [9.17, 15) is 4.79 Å². The van der Waals surface area contributed by atoms with Gasteiger partial charge in [0, 0.05) is 17.6 Å². The number of benzene rings is 1. The topological polar surface area (TPSA) is 46.3 Å². The number of likely N-dealkylation sites (tertiary alicyclic amines) is 1. The number of carbonyl (C=O) groups excluding carboxylic acids is 1. The van der Waals surface area contributed by atoms with Crippen LogP contribution in [0.1, 0.15) is 16.8 Å². The lowest BCUT2D eigenvalue weighted by Gasteiger charge is -2.17. The molecule has 1 unspecified atom stereocenters. The summed E-state index contributed by atoms with van der Waals surface area (Å²) in [5, 5.41) is 0.480. The first kappa shape index (κ1) is 12.9. The third-order valence-corrected chi connectivity index (χ3v) is 4.38. The van der Waals surface area contributed by atoms with Gasteiger partial charge in [-0.1, -0.05) is 17.7 Å². The number of hydrogen-bond donors (Lipinski definition) is 1. The van der Waals surface area contributed by atoms with Crippen LogP contribution in [0.25, 0.3) is 0 Å². The van der Waals surface area contributed by atoms with Crippen molar-refractivity contribution in [2.24, 2.45) is 11.7 Å². The summed E-state index contributed by atoms with van der Waals surface area (Å²) in [4.78, 5) is 14.1. The first-order chi connectivity index (χ1) is 8.13. The smallest absolute Gasteiger partial charge is 0.255 e. The first-order valence-electron chi connectivity index (χ1n) is 5.57. The Labute approximate surface area is 114 Å². The molecule has 0 radical (unpaired) electrons. The fourth-order valence-electron chi connectivity index (χ4n) is 2.05. The molecule has 1 aliphatic heterocycles. The van der Waals surface area contributed by atoms with E-state index in [2.05, 4.69) is 15.9 Å². The van der Waals surface area contributed by atoms with E-state index in [1.807, 2.05) is 17.0 Å². The fourth-order valence-corrected chi connectivity index (χ4v) is 2.62. The maximum absolute atomic E-state index is 12.3. The molecular formula is C12H14BrClN2O. The minimum atomic E-state index is -0.00718. The molecule has 1 amide bonds. The molecule has 2 rings (SSSR count). The van der Waals surface area contributed by atoms with Gasteiger partial charge in [0.15, 0.2) is 0 Å². The van der Waals surface area contributed by atoms with Gasteiger partial charge in [0.05, 0.1) is 10.6 Å². The van der Waals surface area contributed by atoms with E-state index in [1.165, 1.54) is 0 Å². The Morgan fingerprint density at radius 3 is 3.00 bits per heavy atom. The van der Waals surface area contributed by atoms with Gasteiger partial charge in [0.25, 0.3) is 5.91 Å². The fraction of sp³-hybridized carbons (Fsp3) is 0.417. The highest BCUT2D eigenvalue weighted by Crippen LogP contribution is 2.28. The standard InChI is InChI=1S/C12H14BrClN2O/c13-10-3-1-2-9(11(10)14)12(17)16-5-4-8(6-15)7-16/h1-3,8H,4-7,15H2. The Morgan fingerprint density at radius 1 is 1.59 bits per heavy atom. The second-order valence-corrected chi connectivity index (χ2v) is 5.48. The monoisotopic (exact) mass is 316 g/mol. The third-order valence-electron chi connectivity index (χ3n) is 3.09. The van der Waals surface area contributed by atoms with Gasteiger partial charge in [0.2, 0.25) is 0 Å². The summed E-state index contributed by atoms with van der Waals surface area (Å²) < 4.78 is 0.750. The Morgan fingerprint density at radius 2 is 2.35 bits per heavy atom. The molecule has 17 heavy (non-hydrogen) atoms. The van der Waals surface area contributed by atoms with Crippen LogP contribution >= 0.6 is 27.5 Å². The van der Waals surface area contributed by atoms with Crippen molar-refractivity contribution in [1.82, 2.24) is 4.90 Å². The molecule has 1 aliphatic rings. The van der Waals surface area contributed by atoms with Gasteiger partial charge >= 0.3 is 0 Å². The van der Waals surface area contributed by atoms with Gasteiger partial charge in [-0.2, -0.15) is 0 Å². The summed E-state index contributed by atoms with van der Waals surface area (Å²) in [6, 6.07) is 5.40. The SMILES string of the molecule is NCC1CCN(C(=O)c2cccc(Br)c2Cl)C1. The van der Waals surface area contributed by atoms with Crippen molar-refractivity contribution in [3.8, 4) is 0 Å². The summed E-state index contributed by atoms with van der Waals surface area (Å²) in [6.45, 7) is 2.14. The molecule has 1 saturated heterocycles. The molecular weight excluding hydrogens is 304 g/mol. The van der Waals surface area contributed by atoms with E-state index in [0.29, 0.717) is 23.0 Å². The van der Waals surface area contributed by atoms with E-state index in [1.54, 1.807) is 6.07 Å². The summed E-state index contributed by atoms with van der Waals surface area (Å²) in [6.07, 6.45) is 0.980. The number of carbonyl (C=O) groups is 1. The van der Waals surface area contributed by atoms with Crippen LogP contribution in [0, 0.1) is 5.92 Å². The van der Waals surface area contributed by atoms with Crippen LogP contribution in [0.2, 0.25) is 5.02 Å². The molecule has 0 bridgehead atoms. The highest BCUT2D eigenvalue weighted by Gasteiger charge is 2.27. The molecule has 92 valence electrons. The number of halogens is 2. The molecule has 0 aliphatic carbocycles. The molecule has 1 atom stereocenters. The molecule has 1 aromatic carbocycles. The highest BCUT2D eigenvalue weighted by molar-refractivity contribution is 9.10. The molecule has 3 nitrogen and oxygen atoms in total. The number of nitrogens with zero attached hydrogens (tertiary/aromatic N) is 1. The Kier molecular flexibility index (Phi) is 4.07. The molecule has 0 saturated carbocycles. The average molecular weight is 318 g/mol. The molecule has 0 aromatic heterocycles. The van der Waals surface area contributed by atoms with Crippen molar-refractivity contribution in [2.45, 2.75) is 6.42 Å². The number of nitrogens with two attached hydrogens (primary N) is 1. The second kappa shape index (κ2) is 5.38. The molecule has 0 spiro atoms. The van der Waals surface area contributed by atoms with Gasteiger partial charge in [-0.15, -0.1) is 0 Å². The Hall–Kier alpha value is -0.580. The van der Waals surface area contributed by atoms with Crippen LogP contribution in [-0.4, -0.2) is 30.4 Å². The zero-order valence-corrected chi connectivity index (χ0v) is 11.7. The molecule has 1 fully saturated rings. The van der Waals surface area contributed by atoms with E-state index >= 15 is 0 Å². The predicted octanol–water partition coefficient (Wildman–Crippen LogP) is 2.52. The summed E-state index contributed by atoms with van der Waals surface area (Å²) in [5.74, 6) is 0.414. The number of rotatable bonds is 2. The van der Waals surface area contributed by atoms with E-state index in [0.717, 1.165) is 24.0 Å². The van der Waals surface area contributed by atoms with Crippen molar-refractivity contribution in [1.29, 1.82) is 0 Å². The summed E-state index contributed by atoms with van der Waals surface area (Å²) in [7, 11) is 0. The largest absolute Gasteiger partial charge is 0.338 e. The highest BCUT2D eigenvalue weighted by atomic mass is 79.9. The van der Waals surface area contributed by atoms with Crippen LogP contribution in [0.3, 0.4) is 0 Å². The van der Waals surface area contributed by atoms with E-state index in [-0.39, 0.29) is 5.91 Å². The number of hydrogen-bond acceptors (Lipinski definition) is 2. The predicted molar refractivity (Wildman–Crippen MR) is 72.2 cm³/mol. The van der Waals surface area contributed by atoms with E-state index in [4.69, 9.17) is 17.3 Å². The van der Waals surface area contributed by atoms with Crippen molar-refractivity contribution in [3.05, 3.63) is 33.3 Å². The van der Waals surface area contributed by atoms with Crippen molar-refractivity contribution in [2.75, 3.05) is 19.6 Å². The molecule has 1 aromatic rings. The van der Waals surface area contributed by atoms with Gasteiger partial charge in [-0.3, -0.25) is 4.79 Å². The van der Waals surface area contributed by atoms with Gasteiger partial charge in [-0.05, 0) is 46.9 Å². The van der Waals surface area contributed by atoms with Crippen molar-refractivity contribution in [3.63, 3.8) is 0 Å². The zero-order valence-electron chi connectivity index (χ0n) is 9.33. The molecule has 1 heterocycles. The van der Waals surface area contributed by atoms with Gasteiger partial charge < -0.3 is 10.6 Å². The van der Waals surface area contributed by atoms with Crippen LogP contribution in [0.5, 0.6) is 0 Å². The van der Waals surface area contributed by atoms with Crippen molar-refractivity contribution >= 4 is 33.4 Å². The zero-order chi connectivity index (χ0) is 12.4. The normalized spacial score (nSPS) is 19.7. The van der Waals surface area contributed by atoms with Crippen LogP contribution in [-0.2, 0) is 0 Å². The van der Waals surface area contributed by atoms with E-state index < -0.39 is 0 Å². The quantitative estimate of drug-likeness (QED) is 0.911. The van der Waals surface area contributed by atoms with Gasteiger partial charge in [0.1, 0.15) is 0 Å². The maximum atomic E-state index is 12.3. The second-order valence-electron chi connectivity index (χ2n) is 4.24. The van der Waals surface area contributed by atoms with Crippen LogP contribution in [0.4, 0.5) is 0 Å². The summed E-state index contributed by atoms with van der Waals surface area (Å²) >= 11 is 9.44. The van der Waals surface area contributed by atoms with Gasteiger partial charge in [-0.25, -0.2) is 0 Å². The van der Waals surface area contributed by atoms with Crippen LogP contribution in [0.15, 0.2) is 22.7 Å². The first-order valence-corrected chi connectivity index (χ1v) is 6.74. The summed E-state index contributed by atoms with van der Waals surface area (Å²) in [5.41, 5.74) is 6.17. The molecule has 5 heteroatoms.